The minimum absolute atomic E-state index is 0.0237. The summed E-state index contributed by atoms with van der Waals surface area (Å²) in [6.07, 6.45) is 6.69. The zero-order valence-corrected chi connectivity index (χ0v) is 26.2. The highest BCUT2D eigenvalue weighted by atomic mass is 32.2. The van der Waals surface area contributed by atoms with Gasteiger partial charge in [0, 0.05) is 10.9 Å². The molecule has 3 N–H and O–H groups in total. The predicted octanol–water partition coefficient (Wildman–Crippen LogP) is 4.09. The molecule has 3 aliphatic rings. The molecule has 2 aliphatic heterocycles. The smallest absolute Gasteiger partial charge is 0.329 e. The average Bonchev–Trinajstić information content (AvgIpc) is 3.77. The van der Waals surface area contributed by atoms with Gasteiger partial charge in [-0.3, -0.25) is 14.6 Å². The van der Waals surface area contributed by atoms with Gasteiger partial charge in [-0.05, 0) is 62.4 Å². The maximum atomic E-state index is 14.2. The van der Waals surface area contributed by atoms with Gasteiger partial charge in [0.2, 0.25) is 5.78 Å². The number of fused-ring (bicyclic) bond motifs is 2. The summed E-state index contributed by atoms with van der Waals surface area (Å²) in [5, 5.41) is 7.58. The van der Waals surface area contributed by atoms with Crippen molar-refractivity contribution < 1.29 is 35.6 Å². The summed E-state index contributed by atoms with van der Waals surface area (Å²) in [5.74, 6) is -10.0. The number of aryl methyl sites for hydroxylation is 1. The van der Waals surface area contributed by atoms with Gasteiger partial charge < -0.3 is 16.0 Å². The number of ketones is 1. The molecule has 7 rings (SSSR count). The minimum atomic E-state index is -4.45. The van der Waals surface area contributed by atoms with Gasteiger partial charge >= 0.3 is 11.8 Å². The zero-order chi connectivity index (χ0) is 34.3. The number of anilines is 1. The molecule has 0 bridgehead atoms. The van der Waals surface area contributed by atoms with Crippen LogP contribution in [0.25, 0.3) is 16.6 Å². The number of benzene rings is 2. The molecular formula is C32H27F4N7O4S. The number of hydrogen-bond acceptors (Lipinski definition) is 8. The SMILES string of the molecule is CC1=NC2C=C(n3ncc(C(=O)c4cc5cc(C(=O)N6CC(F)(F)C(F)(F)C6)ccc5n4S(=O)(=O)c4ccc(C)cc4)c3N)C=CC2N1. The molecule has 0 saturated carbocycles. The number of allylic oxidation sites excluding steroid dienone is 2. The number of nitrogens with zero attached hydrogens (tertiary/aromatic N) is 5. The van der Waals surface area contributed by atoms with Gasteiger partial charge in [0.25, 0.3) is 15.9 Å². The summed E-state index contributed by atoms with van der Waals surface area (Å²) in [7, 11) is -4.45. The minimum Gasteiger partial charge on any atom is -0.383 e. The van der Waals surface area contributed by atoms with Crippen LogP contribution in [0, 0.1) is 6.92 Å². The molecule has 48 heavy (non-hydrogen) atoms. The van der Waals surface area contributed by atoms with Crippen molar-refractivity contribution in [2.75, 3.05) is 18.8 Å². The van der Waals surface area contributed by atoms with E-state index in [-0.39, 0.29) is 50.5 Å². The molecule has 0 radical (unpaired) electrons. The van der Waals surface area contributed by atoms with E-state index in [4.69, 9.17) is 5.73 Å². The molecule has 0 spiro atoms. The fraction of sp³-hybridized carbons (Fsp3) is 0.250. The second-order valence-electron chi connectivity index (χ2n) is 12.0. The predicted molar refractivity (Wildman–Crippen MR) is 169 cm³/mol. The van der Waals surface area contributed by atoms with Gasteiger partial charge in [0.1, 0.15) is 11.5 Å². The average molecular weight is 682 g/mol. The lowest BCUT2D eigenvalue weighted by atomic mass is 10.0. The summed E-state index contributed by atoms with van der Waals surface area (Å²) in [6.45, 7) is 0.643. The number of aliphatic imine (C=N–C) groups is 1. The lowest BCUT2D eigenvalue weighted by Gasteiger charge is -2.18. The number of nitrogens with two attached hydrogens (primary N) is 1. The lowest BCUT2D eigenvalue weighted by Crippen LogP contribution is -2.38. The Hall–Kier alpha value is -5.25. The molecule has 11 nitrogen and oxygen atoms in total. The van der Waals surface area contributed by atoms with E-state index in [1.54, 1.807) is 25.1 Å². The number of nitrogens with one attached hydrogen (secondary N) is 1. The summed E-state index contributed by atoms with van der Waals surface area (Å²) >= 11 is 0. The van der Waals surface area contributed by atoms with E-state index in [0.717, 1.165) is 21.4 Å². The van der Waals surface area contributed by atoms with Crippen molar-refractivity contribution in [2.24, 2.45) is 4.99 Å². The Morgan fingerprint density at radius 3 is 2.38 bits per heavy atom. The number of carbonyl (C=O) groups excluding carboxylic acids is 2. The number of nitrogen functional groups attached to an aromatic ring is 1. The second kappa shape index (κ2) is 10.6. The number of amidine groups is 1. The first kappa shape index (κ1) is 31.4. The molecule has 248 valence electrons. The number of rotatable bonds is 6. The fourth-order valence-electron chi connectivity index (χ4n) is 6.07. The first-order chi connectivity index (χ1) is 22.6. The zero-order valence-electron chi connectivity index (χ0n) is 25.4. The Morgan fingerprint density at radius 1 is 1.00 bits per heavy atom. The van der Waals surface area contributed by atoms with Crippen molar-refractivity contribution in [3.8, 4) is 0 Å². The molecule has 2 unspecified atom stereocenters. The number of amides is 1. The van der Waals surface area contributed by atoms with Crippen LogP contribution in [0.15, 0.2) is 82.8 Å². The normalized spacial score (nSPS) is 21.2. The number of likely N-dealkylation sites (tertiary alicyclic amines) is 1. The second-order valence-corrected chi connectivity index (χ2v) is 13.8. The van der Waals surface area contributed by atoms with E-state index in [1.807, 2.05) is 19.1 Å². The Morgan fingerprint density at radius 2 is 1.69 bits per heavy atom. The van der Waals surface area contributed by atoms with Crippen LogP contribution in [0.5, 0.6) is 0 Å². The quantitative estimate of drug-likeness (QED) is 0.231. The number of halogens is 4. The number of hydrogen-bond donors (Lipinski definition) is 2. The van der Waals surface area contributed by atoms with Gasteiger partial charge in [-0.1, -0.05) is 23.8 Å². The number of aromatic nitrogens is 3. The summed E-state index contributed by atoms with van der Waals surface area (Å²) in [5.41, 5.74) is 7.01. The summed E-state index contributed by atoms with van der Waals surface area (Å²) in [4.78, 5) is 31.9. The third-order valence-corrected chi connectivity index (χ3v) is 10.3. The van der Waals surface area contributed by atoms with Crippen LogP contribution < -0.4 is 11.1 Å². The van der Waals surface area contributed by atoms with Crippen LogP contribution in [0.2, 0.25) is 0 Å². The fourth-order valence-corrected chi connectivity index (χ4v) is 7.58. The monoisotopic (exact) mass is 681 g/mol. The van der Waals surface area contributed by atoms with Crippen LogP contribution in [-0.4, -0.2) is 81.6 Å². The Labute approximate surface area is 271 Å². The van der Waals surface area contributed by atoms with Crippen LogP contribution in [0.1, 0.15) is 38.9 Å². The largest absolute Gasteiger partial charge is 0.383 e. The van der Waals surface area contributed by atoms with Crippen LogP contribution in [-0.2, 0) is 10.0 Å². The van der Waals surface area contributed by atoms with E-state index in [0.29, 0.717) is 10.6 Å². The van der Waals surface area contributed by atoms with E-state index in [2.05, 4.69) is 15.4 Å². The van der Waals surface area contributed by atoms with E-state index >= 15 is 0 Å². The molecule has 16 heteroatoms. The molecule has 2 atom stereocenters. The van der Waals surface area contributed by atoms with Crippen molar-refractivity contribution in [3.05, 3.63) is 95.3 Å². The molecule has 2 aromatic heterocycles. The molecule has 4 aromatic rings. The van der Waals surface area contributed by atoms with Gasteiger partial charge in [-0.2, -0.15) is 22.7 Å². The molecular weight excluding hydrogens is 654 g/mol. The van der Waals surface area contributed by atoms with Crippen molar-refractivity contribution in [1.82, 2.24) is 24.0 Å². The van der Waals surface area contributed by atoms with Crippen LogP contribution >= 0.6 is 0 Å². The topological polar surface area (TPSA) is 145 Å². The van der Waals surface area contributed by atoms with Gasteiger partial charge in [0.05, 0.1) is 58.9 Å². The molecule has 4 heterocycles. The van der Waals surface area contributed by atoms with Crippen molar-refractivity contribution in [2.45, 2.75) is 42.7 Å². The van der Waals surface area contributed by atoms with Crippen molar-refractivity contribution in [1.29, 1.82) is 0 Å². The first-order valence-electron chi connectivity index (χ1n) is 14.7. The number of carbonyl (C=O) groups is 2. The number of alkyl halides is 4. The van der Waals surface area contributed by atoms with Crippen LogP contribution in [0.3, 0.4) is 0 Å². The third-order valence-electron chi connectivity index (χ3n) is 8.60. The van der Waals surface area contributed by atoms with Crippen molar-refractivity contribution >= 4 is 50.0 Å². The molecule has 1 amide bonds. The first-order valence-corrected chi connectivity index (χ1v) is 16.1. The highest BCUT2D eigenvalue weighted by Gasteiger charge is 2.63. The molecule has 2 aromatic carbocycles. The highest BCUT2D eigenvalue weighted by Crippen LogP contribution is 2.41. The Kier molecular flexibility index (Phi) is 6.95. The maximum Gasteiger partial charge on any atom is 0.329 e. The molecule has 1 saturated heterocycles. The van der Waals surface area contributed by atoms with E-state index in [1.165, 1.54) is 41.2 Å². The van der Waals surface area contributed by atoms with E-state index < -0.39 is 46.6 Å². The molecule has 1 fully saturated rings. The Bertz CT molecular complexity index is 2220. The van der Waals surface area contributed by atoms with Gasteiger partial charge in [0.15, 0.2) is 0 Å². The third kappa shape index (κ3) is 4.89. The standard InChI is InChI=1S/C32H27F4N7O4S/c1-17-3-7-22(8-4-17)48(46,47)43-26-10-5-19(30(45)41-15-31(33,34)32(35,36)16-41)11-20(26)12-27(43)28(44)23-14-38-42(29(23)37)21-6-9-24-25(13-21)40-18(2)39-24/h3-14,24-25H,15-16,37H2,1-2H3,(H,39,40). The lowest BCUT2D eigenvalue weighted by molar-refractivity contribution is -0.172. The van der Waals surface area contributed by atoms with Gasteiger partial charge in [-0.25, -0.2) is 17.1 Å². The van der Waals surface area contributed by atoms with Gasteiger partial charge in [-0.15, -0.1) is 0 Å². The molecule has 1 aliphatic carbocycles. The van der Waals surface area contributed by atoms with Crippen LogP contribution in [0.4, 0.5) is 23.4 Å². The van der Waals surface area contributed by atoms with E-state index in [9.17, 15) is 35.6 Å². The summed E-state index contributed by atoms with van der Waals surface area (Å²) < 4.78 is 85.8. The Balaban J connectivity index is 1.32. The highest BCUT2D eigenvalue weighted by molar-refractivity contribution is 7.90. The summed E-state index contributed by atoms with van der Waals surface area (Å²) in [6, 6.07) is 10.4. The van der Waals surface area contributed by atoms with Crippen molar-refractivity contribution in [3.63, 3.8) is 0 Å². The maximum absolute atomic E-state index is 14.2.